The Kier molecular flexibility index (Phi) is 4.55. The Morgan fingerprint density at radius 1 is 1.19 bits per heavy atom. The second-order valence-corrected chi connectivity index (χ2v) is 8.31. The van der Waals surface area contributed by atoms with Crippen LogP contribution in [-0.2, 0) is 11.8 Å². The number of aliphatic hydroxyl groups is 1. The molecule has 6 nitrogen and oxygen atoms in total. The molecule has 3 aliphatic rings. The Morgan fingerprint density at radius 2 is 1.94 bits per heavy atom. The molecule has 3 aliphatic heterocycles. The topological polar surface area (TPSA) is 66.4 Å². The summed E-state index contributed by atoms with van der Waals surface area (Å²) in [7, 11) is 3.04. The van der Waals surface area contributed by atoms with E-state index in [0.717, 1.165) is 11.1 Å². The number of aliphatic hydroxyl groups excluding tert-OH is 1. The zero-order chi connectivity index (χ0) is 21.9. The van der Waals surface area contributed by atoms with Crippen LogP contribution in [0, 0.1) is 0 Å². The molecule has 0 aliphatic carbocycles. The summed E-state index contributed by atoms with van der Waals surface area (Å²) in [6.07, 6.45) is -1.41. The molecule has 4 unspecified atom stereocenters. The summed E-state index contributed by atoms with van der Waals surface area (Å²) >= 11 is 0. The van der Waals surface area contributed by atoms with Gasteiger partial charge in [0.1, 0.15) is 42.7 Å². The van der Waals surface area contributed by atoms with Crippen molar-refractivity contribution in [3.8, 4) is 28.7 Å². The van der Waals surface area contributed by atoms with Gasteiger partial charge < -0.3 is 28.8 Å². The van der Waals surface area contributed by atoms with Gasteiger partial charge in [-0.25, -0.2) is 4.39 Å². The second-order valence-electron chi connectivity index (χ2n) is 8.31. The summed E-state index contributed by atoms with van der Waals surface area (Å²) in [6.45, 7) is 5.17. The SMILES string of the molecule is C=C(C)C1Cc2c(ccc3c2OC2COc4cc(OC)c(OC)cc4C2(CF)C3O)O1. The van der Waals surface area contributed by atoms with Crippen LogP contribution in [0.4, 0.5) is 4.39 Å². The predicted molar refractivity (Wildman–Crippen MR) is 111 cm³/mol. The molecule has 1 N–H and O–H groups in total. The van der Waals surface area contributed by atoms with Gasteiger partial charge in [0, 0.05) is 29.2 Å². The first kappa shape index (κ1) is 20.0. The quantitative estimate of drug-likeness (QED) is 0.750. The Balaban J connectivity index is 1.65. The maximum absolute atomic E-state index is 14.9. The van der Waals surface area contributed by atoms with Crippen LogP contribution in [0.5, 0.6) is 28.7 Å². The lowest BCUT2D eigenvalue weighted by Gasteiger charge is -2.49. The van der Waals surface area contributed by atoms with Crippen molar-refractivity contribution in [2.24, 2.45) is 0 Å². The number of ether oxygens (including phenoxy) is 5. The molecular weight excluding hydrogens is 403 g/mol. The summed E-state index contributed by atoms with van der Waals surface area (Å²) < 4.78 is 43.9. The molecule has 5 rings (SSSR count). The maximum atomic E-state index is 14.9. The van der Waals surface area contributed by atoms with Crippen molar-refractivity contribution >= 4 is 0 Å². The van der Waals surface area contributed by atoms with Crippen molar-refractivity contribution in [3.63, 3.8) is 0 Å². The van der Waals surface area contributed by atoms with Crippen molar-refractivity contribution in [2.45, 2.75) is 37.1 Å². The zero-order valence-corrected chi connectivity index (χ0v) is 17.7. The van der Waals surface area contributed by atoms with E-state index < -0.39 is 24.3 Å². The standard InChI is InChI=1S/C24H25FO6/c1-12(2)17-7-14-16(30-17)6-5-13-22(14)31-21-10-29-18-9-20(28-4)19(27-3)8-15(18)24(21,11-25)23(13)26/h5-6,8-9,17,21,23,26H,1,7,10-11H2,2-4H3. The third-order valence-corrected chi connectivity index (χ3v) is 6.67. The number of hydrogen-bond donors (Lipinski definition) is 1. The third kappa shape index (κ3) is 2.65. The monoisotopic (exact) mass is 428 g/mol. The lowest BCUT2D eigenvalue weighted by Crippen LogP contribution is -2.57. The van der Waals surface area contributed by atoms with Gasteiger partial charge in [-0.1, -0.05) is 6.58 Å². The van der Waals surface area contributed by atoms with Crippen LogP contribution in [0.25, 0.3) is 0 Å². The predicted octanol–water partition coefficient (Wildman–Crippen LogP) is 3.68. The summed E-state index contributed by atoms with van der Waals surface area (Å²) in [4.78, 5) is 0. The normalized spacial score (nSPS) is 27.5. The van der Waals surface area contributed by atoms with Gasteiger partial charge in [0.15, 0.2) is 11.5 Å². The van der Waals surface area contributed by atoms with E-state index in [1.54, 1.807) is 18.2 Å². The van der Waals surface area contributed by atoms with Crippen LogP contribution >= 0.6 is 0 Å². The molecule has 0 saturated heterocycles. The highest BCUT2D eigenvalue weighted by Crippen LogP contribution is 2.57. The number of methoxy groups -OCH3 is 2. The number of fused-ring (bicyclic) bond motifs is 6. The van der Waals surface area contributed by atoms with E-state index in [4.69, 9.17) is 23.7 Å². The highest BCUT2D eigenvalue weighted by atomic mass is 19.1. The smallest absolute Gasteiger partial charge is 0.164 e. The number of alkyl halides is 1. The minimum Gasteiger partial charge on any atom is -0.493 e. The van der Waals surface area contributed by atoms with E-state index in [1.165, 1.54) is 14.2 Å². The first-order chi connectivity index (χ1) is 14.9. The molecule has 0 bridgehead atoms. The molecular formula is C24H25FO6. The average molecular weight is 428 g/mol. The summed E-state index contributed by atoms with van der Waals surface area (Å²) in [6, 6.07) is 6.90. The minimum atomic E-state index is -1.33. The summed E-state index contributed by atoms with van der Waals surface area (Å²) in [5.74, 6) is 2.61. The van der Waals surface area contributed by atoms with Crippen LogP contribution in [0.1, 0.15) is 29.7 Å². The highest BCUT2D eigenvalue weighted by Gasteiger charge is 2.57. The lowest BCUT2D eigenvalue weighted by molar-refractivity contribution is -0.0704. The number of halogens is 1. The summed E-state index contributed by atoms with van der Waals surface area (Å²) in [5, 5.41) is 11.5. The fourth-order valence-electron chi connectivity index (χ4n) is 4.89. The van der Waals surface area contributed by atoms with Gasteiger partial charge >= 0.3 is 0 Å². The molecule has 0 aromatic heterocycles. The first-order valence-corrected chi connectivity index (χ1v) is 10.2. The molecule has 0 saturated carbocycles. The van der Waals surface area contributed by atoms with Gasteiger partial charge in [0.2, 0.25) is 0 Å². The third-order valence-electron chi connectivity index (χ3n) is 6.67. The molecule has 3 heterocycles. The van der Waals surface area contributed by atoms with E-state index in [2.05, 4.69) is 6.58 Å². The molecule has 2 aromatic carbocycles. The van der Waals surface area contributed by atoms with Gasteiger partial charge in [-0.3, -0.25) is 0 Å². The Labute approximate surface area is 180 Å². The average Bonchev–Trinajstić information content (AvgIpc) is 3.23. The van der Waals surface area contributed by atoms with Gasteiger partial charge in [0.25, 0.3) is 0 Å². The Bertz CT molecular complexity index is 1070. The van der Waals surface area contributed by atoms with Gasteiger partial charge in [-0.2, -0.15) is 0 Å². The van der Waals surface area contributed by atoms with Crippen LogP contribution < -0.4 is 23.7 Å². The fraction of sp³-hybridized carbons (Fsp3) is 0.417. The Morgan fingerprint density at radius 3 is 2.61 bits per heavy atom. The highest BCUT2D eigenvalue weighted by molar-refractivity contribution is 5.61. The van der Waals surface area contributed by atoms with Gasteiger partial charge in [-0.05, 0) is 30.7 Å². The van der Waals surface area contributed by atoms with Crippen molar-refractivity contribution in [2.75, 3.05) is 27.5 Å². The van der Waals surface area contributed by atoms with Crippen LogP contribution in [0.2, 0.25) is 0 Å². The molecule has 164 valence electrons. The van der Waals surface area contributed by atoms with E-state index >= 15 is 0 Å². The van der Waals surface area contributed by atoms with E-state index in [0.29, 0.717) is 46.3 Å². The van der Waals surface area contributed by atoms with Crippen molar-refractivity contribution in [1.29, 1.82) is 0 Å². The molecule has 2 aromatic rings. The maximum Gasteiger partial charge on any atom is 0.164 e. The van der Waals surface area contributed by atoms with E-state index in [9.17, 15) is 9.50 Å². The lowest BCUT2D eigenvalue weighted by atomic mass is 9.67. The number of hydrogen-bond acceptors (Lipinski definition) is 6. The molecule has 0 radical (unpaired) electrons. The fourth-order valence-corrected chi connectivity index (χ4v) is 4.89. The molecule has 0 fully saturated rings. The largest absolute Gasteiger partial charge is 0.493 e. The van der Waals surface area contributed by atoms with Crippen LogP contribution in [0.15, 0.2) is 36.4 Å². The Hall–Kier alpha value is -2.93. The molecule has 7 heteroatoms. The van der Waals surface area contributed by atoms with E-state index in [-0.39, 0.29) is 12.7 Å². The molecule has 31 heavy (non-hydrogen) atoms. The minimum absolute atomic E-state index is 0.0946. The van der Waals surface area contributed by atoms with Gasteiger partial charge in [-0.15, -0.1) is 0 Å². The van der Waals surface area contributed by atoms with Crippen LogP contribution in [-0.4, -0.2) is 44.8 Å². The van der Waals surface area contributed by atoms with Gasteiger partial charge in [0.05, 0.1) is 25.7 Å². The van der Waals surface area contributed by atoms with Crippen molar-refractivity contribution < 1.29 is 33.2 Å². The summed E-state index contributed by atoms with van der Waals surface area (Å²) in [5.41, 5.74) is 1.49. The molecule has 4 atom stereocenters. The number of rotatable bonds is 4. The zero-order valence-electron chi connectivity index (χ0n) is 17.7. The van der Waals surface area contributed by atoms with Crippen molar-refractivity contribution in [3.05, 3.63) is 53.1 Å². The van der Waals surface area contributed by atoms with E-state index in [1.807, 2.05) is 13.0 Å². The van der Waals surface area contributed by atoms with Crippen LogP contribution in [0.3, 0.4) is 0 Å². The molecule has 0 spiro atoms. The first-order valence-electron chi connectivity index (χ1n) is 10.2. The number of benzene rings is 2. The second kappa shape index (κ2) is 7.05. The molecule has 0 amide bonds. The van der Waals surface area contributed by atoms with Crippen molar-refractivity contribution in [1.82, 2.24) is 0 Å².